The molecular formula is C12H8ClNOS2. The second-order valence-electron chi connectivity index (χ2n) is 3.67. The lowest BCUT2D eigenvalue weighted by Gasteiger charge is -1.95. The molecule has 0 atom stereocenters. The molecule has 17 heavy (non-hydrogen) atoms. The van der Waals surface area contributed by atoms with E-state index >= 15 is 0 Å². The van der Waals surface area contributed by atoms with Crippen LogP contribution in [0.1, 0.15) is 4.88 Å². The van der Waals surface area contributed by atoms with Crippen molar-refractivity contribution in [3.8, 4) is 0 Å². The molecule has 0 saturated carbocycles. The Morgan fingerprint density at radius 2 is 2.06 bits per heavy atom. The molecule has 0 saturated heterocycles. The van der Waals surface area contributed by atoms with Crippen LogP contribution in [0.3, 0.4) is 0 Å². The third-order valence-electron chi connectivity index (χ3n) is 2.46. The summed E-state index contributed by atoms with van der Waals surface area (Å²) in [5, 5.41) is 1.23. The predicted octanol–water partition coefficient (Wildman–Crippen LogP) is 3.83. The fourth-order valence-electron chi connectivity index (χ4n) is 1.71. The van der Waals surface area contributed by atoms with Crippen LogP contribution >= 0.6 is 34.5 Å². The maximum absolute atomic E-state index is 11.6. The van der Waals surface area contributed by atoms with E-state index in [0.29, 0.717) is 10.9 Å². The van der Waals surface area contributed by atoms with Crippen LogP contribution in [0.5, 0.6) is 0 Å². The van der Waals surface area contributed by atoms with Crippen molar-refractivity contribution in [3.63, 3.8) is 0 Å². The van der Waals surface area contributed by atoms with Crippen LogP contribution in [0.4, 0.5) is 0 Å². The van der Waals surface area contributed by atoms with Crippen molar-refractivity contribution in [2.75, 3.05) is 0 Å². The van der Waals surface area contributed by atoms with Gasteiger partial charge in [-0.05, 0) is 29.1 Å². The molecule has 86 valence electrons. The van der Waals surface area contributed by atoms with Gasteiger partial charge in [-0.15, -0.1) is 11.3 Å². The van der Waals surface area contributed by atoms with E-state index in [0.717, 1.165) is 0 Å². The maximum Gasteiger partial charge on any atom is 0.262 e. The SMILES string of the molecule is O=c1cc(Cl)sn1Cc1cc2ccccc2s1. The van der Waals surface area contributed by atoms with Gasteiger partial charge in [0.25, 0.3) is 5.56 Å². The molecule has 2 aromatic heterocycles. The minimum atomic E-state index is -0.0301. The number of thiophene rings is 1. The molecule has 2 heterocycles. The quantitative estimate of drug-likeness (QED) is 0.700. The van der Waals surface area contributed by atoms with Crippen LogP contribution in [0, 0.1) is 0 Å². The number of halogens is 1. The average Bonchev–Trinajstić information content (AvgIpc) is 2.82. The van der Waals surface area contributed by atoms with Crippen LogP contribution in [-0.4, -0.2) is 3.96 Å². The number of rotatable bonds is 2. The van der Waals surface area contributed by atoms with Crippen molar-refractivity contribution in [2.24, 2.45) is 0 Å². The van der Waals surface area contributed by atoms with Gasteiger partial charge in [-0.1, -0.05) is 29.8 Å². The average molecular weight is 282 g/mol. The monoisotopic (exact) mass is 281 g/mol. The topological polar surface area (TPSA) is 22.0 Å². The zero-order chi connectivity index (χ0) is 11.8. The zero-order valence-electron chi connectivity index (χ0n) is 8.72. The summed E-state index contributed by atoms with van der Waals surface area (Å²) in [5.41, 5.74) is -0.0301. The standard InChI is InChI=1S/C12H8ClNOS2/c13-11-6-12(15)14(17-11)7-9-5-8-3-1-2-4-10(8)16-9/h1-6H,7H2. The van der Waals surface area contributed by atoms with Gasteiger partial charge in [-0.25, -0.2) is 0 Å². The molecule has 5 heteroatoms. The van der Waals surface area contributed by atoms with Crippen LogP contribution in [0.15, 0.2) is 41.2 Å². The van der Waals surface area contributed by atoms with Gasteiger partial charge in [-0.2, -0.15) is 0 Å². The summed E-state index contributed by atoms with van der Waals surface area (Å²) in [6, 6.07) is 11.8. The highest BCUT2D eigenvalue weighted by Gasteiger charge is 2.06. The van der Waals surface area contributed by atoms with Gasteiger partial charge in [0.1, 0.15) is 4.34 Å². The molecule has 0 fully saturated rings. The van der Waals surface area contributed by atoms with E-state index in [2.05, 4.69) is 18.2 Å². The summed E-state index contributed by atoms with van der Waals surface area (Å²) in [4.78, 5) is 12.7. The molecule has 2 nitrogen and oxygen atoms in total. The molecule has 1 aromatic carbocycles. The smallest absolute Gasteiger partial charge is 0.262 e. The molecule has 0 spiro atoms. The maximum atomic E-state index is 11.6. The first-order valence-electron chi connectivity index (χ1n) is 5.06. The fraction of sp³-hybridized carbons (Fsp3) is 0.0833. The van der Waals surface area contributed by atoms with E-state index in [1.165, 1.54) is 32.6 Å². The Morgan fingerprint density at radius 1 is 1.24 bits per heavy atom. The molecule has 0 unspecified atom stereocenters. The van der Waals surface area contributed by atoms with Gasteiger partial charge in [-0.3, -0.25) is 8.75 Å². The zero-order valence-corrected chi connectivity index (χ0v) is 11.1. The van der Waals surface area contributed by atoms with Gasteiger partial charge in [0.15, 0.2) is 0 Å². The first kappa shape index (κ1) is 11.0. The number of benzene rings is 1. The van der Waals surface area contributed by atoms with Gasteiger partial charge in [0.2, 0.25) is 0 Å². The molecule has 0 aliphatic carbocycles. The van der Waals surface area contributed by atoms with E-state index in [4.69, 9.17) is 11.6 Å². The molecule has 0 N–H and O–H groups in total. The Morgan fingerprint density at radius 3 is 2.76 bits per heavy atom. The lowest BCUT2D eigenvalue weighted by Crippen LogP contribution is -2.11. The lowest BCUT2D eigenvalue weighted by atomic mass is 10.2. The Balaban J connectivity index is 2.00. The van der Waals surface area contributed by atoms with Crippen molar-refractivity contribution in [2.45, 2.75) is 6.54 Å². The number of hydrogen-bond donors (Lipinski definition) is 0. The second kappa shape index (κ2) is 4.29. The summed E-state index contributed by atoms with van der Waals surface area (Å²) in [7, 11) is 0. The minimum absolute atomic E-state index is 0.0301. The second-order valence-corrected chi connectivity index (χ2v) is 6.53. The summed E-state index contributed by atoms with van der Waals surface area (Å²) in [6.07, 6.45) is 0. The summed E-state index contributed by atoms with van der Waals surface area (Å²) in [6.45, 7) is 0.607. The van der Waals surface area contributed by atoms with Crippen molar-refractivity contribution in [3.05, 3.63) is 56.0 Å². The highest BCUT2D eigenvalue weighted by Crippen LogP contribution is 2.26. The Labute approximate surface area is 111 Å². The van der Waals surface area contributed by atoms with E-state index in [1.807, 2.05) is 12.1 Å². The fourth-order valence-corrected chi connectivity index (χ4v) is 3.90. The molecule has 0 radical (unpaired) electrons. The Bertz CT molecular complexity index is 692. The largest absolute Gasteiger partial charge is 0.268 e. The minimum Gasteiger partial charge on any atom is -0.268 e. The van der Waals surface area contributed by atoms with Gasteiger partial charge < -0.3 is 0 Å². The molecule has 3 aromatic rings. The highest BCUT2D eigenvalue weighted by molar-refractivity contribution is 7.19. The van der Waals surface area contributed by atoms with E-state index in [1.54, 1.807) is 15.3 Å². The normalized spacial score (nSPS) is 11.1. The molecule has 3 rings (SSSR count). The predicted molar refractivity (Wildman–Crippen MR) is 74.5 cm³/mol. The molecule has 0 aliphatic heterocycles. The van der Waals surface area contributed by atoms with Crippen molar-refractivity contribution < 1.29 is 0 Å². The molecule has 0 amide bonds. The van der Waals surface area contributed by atoms with Crippen LogP contribution < -0.4 is 5.56 Å². The van der Waals surface area contributed by atoms with Gasteiger partial charge in [0.05, 0.1) is 6.54 Å². The van der Waals surface area contributed by atoms with Crippen molar-refractivity contribution in [1.29, 1.82) is 0 Å². The first-order chi connectivity index (χ1) is 8.22. The van der Waals surface area contributed by atoms with Crippen LogP contribution in [0.2, 0.25) is 4.34 Å². The number of aromatic nitrogens is 1. The summed E-state index contributed by atoms with van der Waals surface area (Å²) >= 11 is 8.82. The number of nitrogens with zero attached hydrogens (tertiary/aromatic N) is 1. The molecular weight excluding hydrogens is 274 g/mol. The highest BCUT2D eigenvalue weighted by atomic mass is 35.5. The van der Waals surface area contributed by atoms with E-state index < -0.39 is 0 Å². The molecule has 0 bridgehead atoms. The molecule has 0 aliphatic rings. The first-order valence-corrected chi connectivity index (χ1v) is 7.03. The summed E-state index contributed by atoms with van der Waals surface area (Å²) < 4.78 is 3.46. The number of hydrogen-bond acceptors (Lipinski definition) is 3. The van der Waals surface area contributed by atoms with Crippen molar-refractivity contribution >= 4 is 44.6 Å². The Kier molecular flexibility index (Phi) is 2.78. The van der Waals surface area contributed by atoms with E-state index in [9.17, 15) is 4.79 Å². The van der Waals surface area contributed by atoms with Gasteiger partial charge in [0, 0.05) is 15.6 Å². The number of fused-ring (bicyclic) bond motifs is 1. The van der Waals surface area contributed by atoms with E-state index in [-0.39, 0.29) is 5.56 Å². The van der Waals surface area contributed by atoms with Crippen LogP contribution in [-0.2, 0) is 6.54 Å². The summed E-state index contributed by atoms with van der Waals surface area (Å²) in [5.74, 6) is 0. The Hall–Kier alpha value is -1.10. The third kappa shape index (κ3) is 2.16. The van der Waals surface area contributed by atoms with Crippen molar-refractivity contribution in [1.82, 2.24) is 3.96 Å². The van der Waals surface area contributed by atoms with Crippen LogP contribution in [0.25, 0.3) is 10.1 Å². The third-order valence-corrected chi connectivity index (χ3v) is 4.69. The lowest BCUT2D eigenvalue weighted by molar-refractivity contribution is 0.865. The van der Waals surface area contributed by atoms with Gasteiger partial charge >= 0.3 is 0 Å².